The third-order valence-electron chi connectivity index (χ3n) is 15.9. The number of fused-ring (bicyclic) bond motifs is 12. The van der Waals surface area contributed by atoms with E-state index in [1.807, 2.05) is 0 Å². The number of hydrogen-bond donors (Lipinski definition) is 0. The highest BCUT2D eigenvalue weighted by atomic mass is 15.1. The number of anilines is 3. The molecule has 0 atom stereocenters. The molecule has 2 nitrogen and oxygen atoms in total. The number of rotatable bonds is 7. The second-order valence-electron chi connectivity index (χ2n) is 19.9. The summed E-state index contributed by atoms with van der Waals surface area (Å²) in [4.78, 5) is 2.51. The van der Waals surface area contributed by atoms with Gasteiger partial charge >= 0.3 is 0 Å². The Kier molecular flexibility index (Phi) is 9.50. The minimum Gasteiger partial charge on any atom is -0.310 e. The van der Waals surface area contributed by atoms with Crippen molar-refractivity contribution in [3.05, 3.63) is 300 Å². The van der Waals surface area contributed by atoms with Gasteiger partial charge in [-0.1, -0.05) is 226 Å². The normalized spacial score (nSPS) is 13.6. The summed E-state index contributed by atoms with van der Waals surface area (Å²) in [6.07, 6.45) is 0. The van der Waals surface area contributed by atoms with Crippen molar-refractivity contribution >= 4 is 38.9 Å². The summed E-state index contributed by atoms with van der Waals surface area (Å²) in [6.45, 7) is 4.79. The predicted molar refractivity (Wildman–Crippen MR) is 301 cm³/mol. The maximum absolute atomic E-state index is 2.52. The summed E-state index contributed by atoms with van der Waals surface area (Å²) in [5, 5.41) is 2.50. The summed E-state index contributed by atoms with van der Waals surface area (Å²) < 4.78 is 2.41. The van der Waals surface area contributed by atoms with Crippen molar-refractivity contribution in [2.45, 2.75) is 24.7 Å². The lowest BCUT2D eigenvalue weighted by Crippen LogP contribution is -2.40. The van der Waals surface area contributed by atoms with Gasteiger partial charge in [0.2, 0.25) is 0 Å². The average molecular weight is 919 g/mol. The van der Waals surface area contributed by atoms with Crippen LogP contribution in [-0.2, 0) is 10.8 Å². The van der Waals surface area contributed by atoms with Crippen LogP contribution in [0.25, 0.3) is 72.0 Å². The summed E-state index contributed by atoms with van der Waals surface area (Å²) in [6, 6.07) is 99.2. The molecule has 0 saturated carbocycles. The molecule has 1 heterocycles. The molecule has 0 aliphatic heterocycles. The molecule has 1 aromatic heterocycles. The van der Waals surface area contributed by atoms with E-state index in [-0.39, 0.29) is 5.41 Å². The largest absolute Gasteiger partial charge is 0.310 e. The summed E-state index contributed by atoms with van der Waals surface area (Å²) in [5.41, 5.74) is 23.8. The molecular formula is C70H50N2. The second kappa shape index (κ2) is 16.3. The molecule has 12 aromatic rings. The Morgan fingerprint density at radius 2 is 0.736 bits per heavy atom. The zero-order valence-corrected chi connectivity index (χ0v) is 40.3. The first-order valence-corrected chi connectivity index (χ1v) is 25.2. The van der Waals surface area contributed by atoms with E-state index in [1.165, 1.54) is 94.1 Å². The third kappa shape index (κ3) is 6.09. The molecule has 0 bridgehead atoms. The van der Waals surface area contributed by atoms with Gasteiger partial charge in [-0.25, -0.2) is 0 Å². The molecule has 2 aliphatic carbocycles. The maximum Gasteiger partial charge on any atom is 0.0720 e. The highest BCUT2D eigenvalue weighted by molar-refractivity contribution is 6.09. The molecule has 0 fully saturated rings. The van der Waals surface area contributed by atoms with Crippen LogP contribution >= 0.6 is 0 Å². The van der Waals surface area contributed by atoms with Crippen LogP contribution < -0.4 is 4.90 Å². The van der Waals surface area contributed by atoms with E-state index in [0.29, 0.717) is 0 Å². The fourth-order valence-electron chi connectivity index (χ4n) is 12.8. The van der Waals surface area contributed by atoms with Gasteiger partial charge in [-0.2, -0.15) is 0 Å². The second-order valence-corrected chi connectivity index (χ2v) is 19.9. The van der Waals surface area contributed by atoms with E-state index < -0.39 is 5.41 Å². The van der Waals surface area contributed by atoms with E-state index in [1.54, 1.807) is 0 Å². The number of nitrogens with zero attached hydrogens (tertiary/aromatic N) is 2. The minimum atomic E-state index is -0.538. The third-order valence-corrected chi connectivity index (χ3v) is 15.9. The summed E-state index contributed by atoms with van der Waals surface area (Å²) in [5.74, 6) is 0. The zero-order chi connectivity index (χ0) is 48.0. The van der Waals surface area contributed by atoms with Crippen LogP contribution in [0.4, 0.5) is 17.1 Å². The van der Waals surface area contributed by atoms with Crippen LogP contribution in [0.2, 0.25) is 0 Å². The van der Waals surface area contributed by atoms with Crippen molar-refractivity contribution in [1.29, 1.82) is 0 Å². The molecule has 0 amide bonds. The quantitative estimate of drug-likeness (QED) is 0.155. The molecule has 14 rings (SSSR count). The van der Waals surface area contributed by atoms with Gasteiger partial charge in [-0.15, -0.1) is 0 Å². The van der Waals surface area contributed by atoms with Gasteiger partial charge in [0.25, 0.3) is 0 Å². The van der Waals surface area contributed by atoms with Crippen LogP contribution in [0.5, 0.6) is 0 Å². The Morgan fingerprint density at radius 3 is 1.36 bits per heavy atom. The standard InChI is InChI=1S/C70H50N2/c1-69(2)61-33-15-17-35-63(61)70(64-36-18-16-34-62(64)69)60-32-14-10-28-55(60)56-45-44-50(46-65(56)70)71(48-40-42-49(43-41-48)72-67-38-20-12-30-58(67)59-31-13-21-39-68(59)72)66-37-19-11-29-57(66)54-27-9-8-26-53(54)52-25-7-6-24-51(52)47-22-4-3-5-23-47/h3-46H,1-2H3. The first-order chi connectivity index (χ1) is 35.5. The lowest BCUT2D eigenvalue weighted by atomic mass is 9.55. The Bertz CT molecular complexity index is 3980. The minimum absolute atomic E-state index is 0.191. The van der Waals surface area contributed by atoms with Crippen LogP contribution in [0, 0.1) is 0 Å². The SMILES string of the molecule is CC1(C)c2ccccc2C2(c3ccccc3-c3ccc(N(c4ccc(-n5c6ccccc6c6ccccc65)cc4)c4ccccc4-c4ccccc4-c4ccccc4-c4ccccc4)cc32)c2ccccc21. The van der Waals surface area contributed by atoms with Crippen LogP contribution in [0.15, 0.2) is 267 Å². The Morgan fingerprint density at radius 1 is 0.306 bits per heavy atom. The lowest BCUT2D eigenvalue weighted by Gasteiger charge is -2.46. The van der Waals surface area contributed by atoms with Gasteiger partial charge < -0.3 is 9.47 Å². The van der Waals surface area contributed by atoms with Crippen molar-refractivity contribution < 1.29 is 0 Å². The molecule has 0 N–H and O–H groups in total. The van der Waals surface area contributed by atoms with E-state index in [0.717, 1.165) is 28.3 Å². The zero-order valence-electron chi connectivity index (χ0n) is 40.3. The highest BCUT2D eigenvalue weighted by Crippen LogP contribution is 2.63. The van der Waals surface area contributed by atoms with Crippen LogP contribution in [0.3, 0.4) is 0 Å². The molecule has 340 valence electrons. The predicted octanol–water partition coefficient (Wildman–Crippen LogP) is 18.3. The van der Waals surface area contributed by atoms with Gasteiger partial charge in [0, 0.05) is 38.8 Å². The number of para-hydroxylation sites is 3. The fourth-order valence-corrected chi connectivity index (χ4v) is 12.8. The molecule has 1 spiro atoms. The average Bonchev–Trinajstić information content (AvgIpc) is 3.94. The molecular weight excluding hydrogens is 869 g/mol. The van der Waals surface area contributed by atoms with Crippen molar-refractivity contribution in [3.63, 3.8) is 0 Å². The molecule has 0 saturated heterocycles. The fraction of sp³-hybridized carbons (Fsp3) is 0.0571. The molecule has 2 aliphatic rings. The van der Waals surface area contributed by atoms with Gasteiger partial charge in [-0.3, -0.25) is 0 Å². The highest BCUT2D eigenvalue weighted by Gasteiger charge is 2.53. The van der Waals surface area contributed by atoms with Crippen molar-refractivity contribution in [3.8, 4) is 50.2 Å². The molecule has 0 radical (unpaired) electrons. The summed E-state index contributed by atoms with van der Waals surface area (Å²) >= 11 is 0. The Balaban J connectivity index is 1.02. The molecule has 2 heteroatoms. The number of benzene rings is 11. The van der Waals surface area contributed by atoms with Gasteiger partial charge in [-0.05, 0) is 127 Å². The molecule has 0 unspecified atom stereocenters. The van der Waals surface area contributed by atoms with Crippen molar-refractivity contribution in [2.24, 2.45) is 0 Å². The monoisotopic (exact) mass is 918 g/mol. The first-order valence-electron chi connectivity index (χ1n) is 25.2. The van der Waals surface area contributed by atoms with E-state index in [9.17, 15) is 0 Å². The molecule has 11 aromatic carbocycles. The van der Waals surface area contributed by atoms with Gasteiger partial charge in [0.15, 0.2) is 0 Å². The van der Waals surface area contributed by atoms with E-state index in [4.69, 9.17) is 0 Å². The van der Waals surface area contributed by atoms with Crippen LogP contribution in [-0.4, -0.2) is 4.57 Å². The maximum atomic E-state index is 2.52. The van der Waals surface area contributed by atoms with Crippen molar-refractivity contribution in [2.75, 3.05) is 4.90 Å². The molecule has 72 heavy (non-hydrogen) atoms. The Hall–Kier alpha value is -8.98. The summed E-state index contributed by atoms with van der Waals surface area (Å²) in [7, 11) is 0. The number of hydrogen-bond acceptors (Lipinski definition) is 1. The van der Waals surface area contributed by atoms with Gasteiger partial charge in [0.1, 0.15) is 0 Å². The smallest absolute Gasteiger partial charge is 0.0720 e. The topological polar surface area (TPSA) is 8.17 Å². The van der Waals surface area contributed by atoms with Crippen LogP contribution in [0.1, 0.15) is 47.2 Å². The van der Waals surface area contributed by atoms with Gasteiger partial charge in [0.05, 0.1) is 22.1 Å². The van der Waals surface area contributed by atoms with Crippen molar-refractivity contribution in [1.82, 2.24) is 4.57 Å². The first kappa shape index (κ1) is 41.9. The van der Waals surface area contributed by atoms with E-state index >= 15 is 0 Å². The van der Waals surface area contributed by atoms with E-state index in [2.05, 4.69) is 290 Å². The number of aromatic nitrogens is 1. The lowest BCUT2D eigenvalue weighted by molar-refractivity contribution is 0.563. The Labute approximate surface area is 421 Å².